The molecule has 39 heavy (non-hydrogen) atoms. The molecular weight excluding hydrogens is 507 g/mol. The number of halogens is 3. The molecule has 0 radical (unpaired) electrons. The van der Waals surface area contributed by atoms with E-state index in [1.165, 1.54) is 17.7 Å². The number of ether oxygens (including phenoxy) is 1. The standard InChI is InChI=1S/C29H38F3N5O2/c30-29(31,32)25-4-1-5-26(19-25)35-11-13-36(14-12-35)27-8-10-34(21-23-3-2-9-33-20-23)22-24(27)6-7-28(38)37-15-17-39-18-16-37/h1-5,9,19-20,24,27H,6-8,10-18,21-22H2/t24-,27+/m0/s1. The number of hydrogen-bond acceptors (Lipinski definition) is 6. The van der Waals surface area contributed by atoms with Crippen molar-refractivity contribution in [2.45, 2.75) is 38.0 Å². The molecular formula is C29H38F3N5O2. The number of hydrogen-bond donors (Lipinski definition) is 0. The number of piperidine rings is 1. The summed E-state index contributed by atoms with van der Waals surface area (Å²) in [5, 5.41) is 0. The Labute approximate surface area is 228 Å². The van der Waals surface area contributed by atoms with Crippen LogP contribution in [0, 0.1) is 5.92 Å². The fraction of sp³-hybridized carbons (Fsp3) is 0.586. The zero-order valence-corrected chi connectivity index (χ0v) is 22.4. The molecule has 0 unspecified atom stereocenters. The largest absolute Gasteiger partial charge is 0.416 e. The van der Waals surface area contributed by atoms with Gasteiger partial charge in [-0.25, -0.2) is 0 Å². The van der Waals surface area contributed by atoms with Crippen LogP contribution in [0.25, 0.3) is 0 Å². The van der Waals surface area contributed by atoms with Gasteiger partial charge in [-0.1, -0.05) is 12.1 Å². The normalized spacial score (nSPS) is 23.7. The summed E-state index contributed by atoms with van der Waals surface area (Å²) in [6, 6.07) is 10.1. The van der Waals surface area contributed by atoms with E-state index >= 15 is 0 Å². The fourth-order valence-electron chi connectivity index (χ4n) is 6.22. The second-order valence-corrected chi connectivity index (χ2v) is 10.8. The summed E-state index contributed by atoms with van der Waals surface area (Å²) in [6.07, 6.45) is 1.74. The molecule has 5 rings (SSSR count). The smallest absolute Gasteiger partial charge is 0.378 e. The third-order valence-electron chi connectivity index (χ3n) is 8.32. The van der Waals surface area contributed by atoms with Gasteiger partial charge in [0.15, 0.2) is 0 Å². The van der Waals surface area contributed by atoms with Gasteiger partial charge in [0.1, 0.15) is 0 Å². The molecule has 0 bridgehead atoms. The number of alkyl halides is 3. The molecule has 0 saturated carbocycles. The van der Waals surface area contributed by atoms with Gasteiger partial charge in [-0.2, -0.15) is 13.2 Å². The lowest BCUT2D eigenvalue weighted by Gasteiger charge is -2.47. The highest BCUT2D eigenvalue weighted by molar-refractivity contribution is 5.76. The van der Waals surface area contributed by atoms with Crippen molar-refractivity contribution in [1.82, 2.24) is 19.7 Å². The van der Waals surface area contributed by atoms with Gasteiger partial charge < -0.3 is 14.5 Å². The SMILES string of the molecule is O=C(CC[C@H]1CN(Cc2cccnc2)CC[C@H]1N1CCN(c2cccc(C(F)(F)F)c2)CC1)N1CCOCC1. The maximum atomic E-state index is 13.2. The maximum absolute atomic E-state index is 13.2. The van der Waals surface area contributed by atoms with Crippen molar-refractivity contribution in [3.05, 3.63) is 59.9 Å². The van der Waals surface area contributed by atoms with Crippen LogP contribution in [0.4, 0.5) is 18.9 Å². The van der Waals surface area contributed by atoms with E-state index < -0.39 is 11.7 Å². The molecule has 7 nitrogen and oxygen atoms in total. The van der Waals surface area contributed by atoms with Crippen LogP contribution in [0.5, 0.6) is 0 Å². The van der Waals surface area contributed by atoms with Crippen LogP contribution in [0.1, 0.15) is 30.4 Å². The first-order chi connectivity index (χ1) is 18.9. The van der Waals surface area contributed by atoms with Gasteiger partial charge in [-0.3, -0.25) is 19.6 Å². The van der Waals surface area contributed by atoms with Crippen LogP contribution < -0.4 is 4.90 Å². The molecule has 2 atom stereocenters. The van der Waals surface area contributed by atoms with E-state index in [9.17, 15) is 18.0 Å². The Morgan fingerprint density at radius 3 is 2.51 bits per heavy atom. The summed E-state index contributed by atoms with van der Waals surface area (Å²) in [6.45, 7) is 8.26. The van der Waals surface area contributed by atoms with Gasteiger partial charge >= 0.3 is 6.18 Å². The Hall–Kier alpha value is -2.69. The molecule has 3 aliphatic heterocycles. The summed E-state index contributed by atoms with van der Waals surface area (Å²) in [5.41, 5.74) is 1.21. The lowest BCUT2D eigenvalue weighted by Crippen LogP contribution is -2.56. The van der Waals surface area contributed by atoms with E-state index in [1.54, 1.807) is 12.3 Å². The molecule has 3 aliphatic rings. The summed E-state index contributed by atoms with van der Waals surface area (Å²) < 4.78 is 45.1. The molecule has 1 aromatic carbocycles. The average Bonchev–Trinajstić information content (AvgIpc) is 2.97. The first-order valence-electron chi connectivity index (χ1n) is 14.0. The Bertz CT molecular complexity index is 1070. The van der Waals surface area contributed by atoms with Crippen molar-refractivity contribution in [2.24, 2.45) is 5.92 Å². The number of carbonyl (C=O) groups is 1. The highest BCUT2D eigenvalue weighted by Gasteiger charge is 2.36. The van der Waals surface area contributed by atoms with Crippen molar-refractivity contribution < 1.29 is 22.7 Å². The highest BCUT2D eigenvalue weighted by Crippen LogP contribution is 2.33. The van der Waals surface area contributed by atoms with Crippen LogP contribution >= 0.6 is 0 Å². The van der Waals surface area contributed by atoms with Crippen molar-refractivity contribution >= 4 is 11.6 Å². The molecule has 0 spiro atoms. The number of benzene rings is 1. The molecule has 10 heteroatoms. The number of likely N-dealkylation sites (tertiary alicyclic amines) is 1. The summed E-state index contributed by atoms with van der Waals surface area (Å²) in [5.74, 6) is 0.552. The quantitative estimate of drug-likeness (QED) is 0.529. The minimum Gasteiger partial charge on any atom is -0.378 e. The molecule has 212 valence electrons. The predicted molar refractivity (Wildman–Crippen MR) is 143 cm³/mol. The number of anilines is 1. The maximum Gasteiger partial charge on any atom is 0.416 e. The number of morpholine rings is 1. The van der Waals surface area contributed by atoms with Crippen LogP contribution in [0.2, 0.25) is 0 Å². The number of carbonyl (C=O) groups excluding carboxylic acids is 1. The predicted octanol–water partition coefficient (Wildman–Crippen LogP) is 3.75. The zero-order chi connectivity index (χ0) is 27.2. The van der Waals surface area contributed by atoms with Crippen LogP contribution in [-0.2, 0) is 22.3 Å². The second kappa shape index (κ2) is 12.7. The number of piperazine rings is 1. The molecule has 1 aromatic heterocycles. The van der Waals surface area contributed by atoms with Crippen LogP contribution in [0.15, 0.2) is 48.8 Å². The number of nitrogens with zero attached hydrogens (tertiary/aromatic N) is 5. The summed E-state index contributed by atoms with van der Waals surface area (Å²) >= 11 is 0. The van der Waals surface area contributed by atoms with Gasteiger partial charge in [0.05, 0.1) is 18.8 Å². The molecule has 1 amide bonds. The fourth-order valence-corrected chi connectivity index (χ4v) is 6.22. The molecule has 3 saturated heterocycles. The number of aromatic nitrogens is 1. The van der Waals surface area contributed by atoms with Gasteiger partial charge in [-0.05, 0) is 55.1 Å². The Balaban J connectivity index is 1.22. The van der Waals surface area contributed by atoms with E-state index in [2.05, 4.69) is 25.8 Å². The number of amides is 1. The number of rotatable bonds is 7. The van der Waals surface area contributed by atoms with E-state index in [0.717, 1.165) is 51.6 Å². The number of pyridine rings is 1. The van der Waals surface area contributed by atoms with Gasteiger partial charge in [-0.15, -0.1) is 0 Å². The van der Waals surface area contributed by atoms with Crippen LogP contribution in [-0.4, -0.2) is 97.2 Å². The Morgan fingerprint density at radius 2 is 1.79 bits per heavy atom. The second-order valence-electron chi connectivity index (χ2n) is 10.8. The molecule has 2 aromatic rings. The van der Waals surface area contributed by atoms with Gasteiger partial charge in [0.2, 0.25) is 5.91 Å². The summed E-state index contributed by atoms with van der Waals surface area (Å²) in [4.78, 5) is 26.2. The first kappa shape index (κ1) is 27.9. The van der Waals surface area contributed by atoms with Crippen molar-refractivity contribution in [1.29, 1.82) is 0 Å². The summed E-state index contributed by atoms with van der Waals surface area (Å²) in [7, 11) is 0. The minimum absolute atomic E-state index is 0.204. The van der Waals surface area contributed by atoms with E-state index in [1.807, 2.05) is 17.2 Å². The van der Waals surface area contributed by atoms with Crippen molar-refractivity contribution in [3.63, 3.8) is 0 Å². The zero-order valence-electron chi connectivity index (χ0n) is 22.4. The average molecular weight is 546 g/mol. The van der Waals surface area contributed by atoms with Crippen molar-refractivity contribution in [2.75, 3.05) is 70.5 Å². The van der Waals surface area contributed by atoms with Crippen LogP contribution in [0.3, 0.4) is 0 Å². The topological polar surface area (TPSA) is 52.2 Å². The van der Waals surface area contributed by atoms with E-state index in [0.29, 0.717) is 63.5 Å². The van der Waals surface area contributed by atoms with Gasteiger partial charge in [0.25, 0.3) is 0 Å². The highest BCUT2D eigenvalue weighted by atomic mass is 19.4. The molecule has 0 aliphatic carbocycles. The monoisotopic (exact) mass is 545 g/mol. The third-order valence-corrected chi connectivity index (χ3v) is 8.32. The van der Waals surface area contributed by atoms with Crippen molar-refractivity contribution in [3.8, 4) is 0 Å². The Morgan fingerprint density at radius 1 is 1.00 bits per heavy atom. The molecule has 3 fully saturated rings. The Kier molecular flexibility index (Phi) is 9.04. The minimum atomic E-state index is -4.34. The van der Waals surface area contributed by atoms with E-state index in [-0.39, 0.29) is 5.91 Å². The lowest BCUT2D eigenvalue weighted by molar-refractivity contribution is -0.137. The van der Waals surface area contributed by atoms with Gasteiger partial charge in [0, 0.05) is 82.9 Å². The lowest BCUT2D eigenvalue weighted by atomic mass is 9.86. The molecule has 0 N–H and O–H groups in total. The molecule has 4 heterocycles. The first-order valence-corrected chi connectivity index (χ1v) is 14.0. The van der Waals surface area contributed by atoms with E-state index in [4.69, 9.17) is 4.74 Å². The third kappa shape index (κ3) is 7.29.